The van der Waals surface area contributed by atoms with Crippen molar-refractivity contribution in [3.05, 3.63) is 12.2 Å². The Kier molecular flexibility index (Phi) is 7.73. The second-order valence-electron chi connectivity index (χ2n) is 3.95. The van der Waals surface area contributed by atoms with Crippen LogP contribution in [0.5, 0.6) is 0 Å². The maximum absolute atomic E-state index is 12.4. The van der Waals surface area contributed by atoms with Crippen LogP contribution in [0.1, 0.15) is 58.8 Å². The molecule has 0 aromatic carbocycles. The molecule has 0 saturated heterocycles. The monoisotopic (exact) mass is 204 g/mol. The minimum absolute atomic E-state index is 0.0435. The molecule has 0 heterocycles. The number of hydrogen-bond acceptors (Lipinski definition) is 0. The highest BCUT2D eigenvalue weighted by molar-refractivity contribution is 4.76. The number of hydrogen-bond donors (Lipinski definition) is 0. The molecule has 0 unspecified atom stereocenters. The largest absolute Gasteiger partial charge is 0.245 e. The first-order valence-corrected chi connectivity index (χ1v) is 5.55. The molecule has 0 aliphatic rings. The van der Waals surface area contributed by atoms with Crippen molar-refractivity contribution < 1.29 is 8.78 Å². The van der Waals surface area contributed by atoms with Crippen LogP contribution in [0.25, 0.3) is 0 Å². The molecule has 0 spiro atoms. The smallest absolute Gasteiger partial charge is 0.207 e. The number of unbranched alkanes of at least 4 members (excludes halogenated alkanes) is 5. The zero-order valence-corrected chi connectivity index (χ0v) is 9.36. The third-order valence-corrected chi connectivity index (χ3v) is 2.22. The highest BCUT2D eigenvalue weighted by atomic mass is 19.3. The standard InChI is InChI=1S/C12H22F2/c1-3-4-5-6-7-8-9-10-11-12(2,13)14/h3-4H,5-11H2,1-2H3. The third-order valence-electron chi connectivity index (χ3n) is 2.22. The first-order chi connectivity index (χ1) is 6.56. The first-order valence-electron chi connectivity index (χ1n) is 5.55. The van der Waals surface area contributed by atoms with E-state index in [4.69, 9.17) is 0 Å². The lowest BCUT2D eigenvalue weighted by atomic mass is 10.1. The molecule has 14 heavy (non-hydrogen) atoms. The van der Waals surface area contributed by atoms with E-state index in [1.54, 1.807) is 0 Å². The Bertz CT molecular complexity index is 145. The van der Waals surface area contributed by atoms with Gasteiger partial charge in [0.25, 0.3) is 0 Å². The van der Waals surface area contributed by atoms with Crippen LogP contribution in [-0.2, 0) is 0 Å². The van der Waals surface area contributed by atoms with Crippen LogP contribution in [-0.4, -0.2) is 5.92 Å². The van der Waals surface area contributed by atoms with E-state index in [1.807, 2.05) is 6.92 Å². The van der Waals surface area contributed by atoms with Gasteiger partial charge in [-0.3, -0.25) is 0 Å². The average molecular weight is 204 g/mol. The van der Waals surface area contributed by atoms with Crippen molar-refractivity contribution in [1.29, 1.82) is 0 Å². The van der Waals surface area contributed by atoms with Gasteiger partial charge < -0.3 is 0 Å². The summed E-state index contributed by atoms with van der Waals surface area (Å²) in [4.78, 5) is 0. The second kappa shape index (κ2) is 7.95. The van der Waals surface area contributed by atoms with Crippen molar-refractivity contribution in [3.63, 3.8) is 0 Å². The van der Waals surface area contributed by atoms with Crippen molar-refractivity contribution in [2.75, 3.05) is 0 Å². The Hall–Kier alpha value is -0.400. The summed E-state index contributed by atoms with van der Waals surface area (Å²) in [7, 11) is 0. The molecule has 0 atom stereocenters. The van der Waals surface area contributed by atoms with Crippen LogP contribution >= 0.6 is 0 Å². The summed E-state index contributed by atoms with van der Waals surface area (Å²) in [5, 5.41) is 0. The SMILES string of the molecule is CC=CCCCCCCCC(C)(F)F. The number of alkyl halides is 2. The van der Waals surface area contributed by atoms with Crippen molar-refractivity contribution in [3.8, 4) is 0 Å². The predicted molar refractivity (Wildman–Crippen MR) is 57.8 cm³/mol. The van der Waals surface area contributed by atoms with Crippen LogP contribution < -0.4 is 0 Å². The van der Waals surface area contributed by atoms with Gasteiger partial charge in [-0.25, -0.2) is 8.78 Å². The van der Waals surface area contributed by atoms with Gasteiger partial charge in [0, 0.05) is 6.42 Å². The van der Waals surface area contributed by atoms with E-state index in [2.05, 4.69) is 12.2 Å². The normalized spacial score (nSPS) is 12.6. The molecular weight excluding hydrogens is 182 g/mol. The van der Waals surface area contributed by atoms with E-state index < -0.39 is 5.92 Å². The lowest BCUT2D eigenvalue weighted by molar-refractivity contribution is 0.0103. The zero-order chi connectivity index (χ0) is 10.9. The van der Waals surface area contributed by atoms with Crippen molar-refractivity contribution in [2.45, 2.75) is 64.7 Å². The number of halogens is 2. The van der Waals surface area contributed by atoms with Gasteiger partial charge in [0.1, 0.15) is 0 Å². The quantitative estimate of drug-likeness (QED) is 0.387. The highest BCUT2D eigenvalue weighted by Crippen LogP contribution is 2.20. The van der Waals surface area contributed by atoms with Gasteiger partial charge in [-0.05, 0) is 33.1 Å². The maximum Gasteiger partial charge on any atom is 0.245 e. The zero-order valence-electron chi connectivity index (χ0n) is 9.36. The second-order valence-corrected chi connectivity index (χ2v) is 3.95. The molecule has 84 valence electrons. The fourth-order valence-corrected chi connectivity index (χ4v) is 1.39. The van der Waals surface area contributed by atoms with E-state index in [1.165, 1.54) is 12.8 Å². The van der Waals surface area contributed by atoms with E-state index in [0.29, 0.717) is 6.42 Å². The fourth-order valence-electron chi connectivity index (χ4n) is 1.39. The van der Waals surface area contributed by atoms with Gasteiger partial charge in [0.2, 0.25) is 5.92 Å². The minimum atomic E-state index is -2.47. The summed E-state index contributed by atoms with van der Waals surface area (Å²) >= 11 is 0. The van der Waals surface area contributed by atoms with Crippen molar-refractivity contribution in [1.82, 2.24) is 0 Å². The minimum Gasteiger partial charge on any atom is -0.207 e. The van der Waals surface area contributed by atoms with Crippen LogP contribution in [0.15, 0.2) is 12.2 Å². The van der Waals surface area contributed by atoms with Crippen LogP contribution in [0.2, 0.25) is 0 Å². The summed E-state index contributed by atoms with van der Waals surface area (Å²) in [6.07, 6.45) is 10.4. The molecule has 0 aromatic rings. The summed E-state index contributed by atoms with van der Waals surface area (Å²) in [6, 6.07) is 0. The molecule has 0 aromatic heterocycles. The lowest BCUT2D eigenvalue weighted by Crippen LogP contribution is -2.08. The molecule has 0 nitrogen and oxygen atoms in total. The van der Waals surface area contributed by atoms with Gasteiger partial charge >= 0.3 is 0 Å². The third kappa shape index (κ3) is 11.6. The van der Waals surface area contributed by atoms with E-state index in [0.717, 1.165) is 26.2 Å². The topological polar surface area (TPSA) is 0 Å². The molecule has 0 saturated carbocycles. The highest BCUT2D eigenvalue weighted by Gasteiger charge is 2.19. The van der Waals surface area contributed by atoms with Gasteiger partial charge in [-0.15, -0.1) is 0 Å². The lowest BCUT2D eigenvalue weighted by Gasteiger charge is -2.08. The Balaban J connectivity index is 3.07. The summed E-state index contributed by atoms with van der Waals surface area (Å²) in [5.41, 5.74) is 0. The van der Waals surface area contributed by atoms with Gasteiger partial charge in [-0.2, -0.15) is 0 Å². The van der Waals surface area contributed by atoms with E-state index in [9.17, 15) is 8.78 Å². The Morgan fingerprint density at radius 3 is 2.14 bits per heavy atom. The average Bonchev–Trinajstić information content (AvgIpc) is 2.08. The van der Waals surface area contributed by atoms with Gasteiger partial charge in [0.05, 0.1) is 0 Å². The number of rotatable bonds is 8. The van der Waals surface area contributed by atoms with E-state index >= 15 is 0 Å². The predicted octanol–water partition coefficient (Wildman–Crippen LogP) is 4.95. The van der Waals surface area contributed by atoms with Crippen LogP contribution in [0.4, 0.5) is 8.78 Å². The van der Waals surface area contributed by atoms with Gasteiger partial charge in [-0.1, -0.05) is 31.4 Å². The summed E-state index contributed by atoms with van der Waals surface area (Å²) in [6.45, 7) is 3.02. The maximum atomic E-state index is 12.4. The molecule has 0 aliphatic carbocycles. The van der Waals surface area contributed by atoms with Crippen LogP contribution in [0, 0.1) is 0 Å². The molecule has 2 heteroatoms. The molecule has 0 aliphatic heterocycles. The van der Waals surface area contributed by atoms with Crippen molar-refractivity contribution in [2.24, 2.45) is 0 Å². The van der Waals surface area contributed by atoms with Crippen molar-refractivity contribution >= 4 is 0 Å². The molecule has 0 fully saturated rings. The molecule has 0 radical (unpaired) electrons. The molecule has 0 rings (SSSR count). The molecular formula is C12H22F2. The Morgan fingerprint density at radius 1 is 1.00 bits per heavy atom. The number of allylic oxidation sites excluding steroid dienone is 2. The Labute approximate surface area is 86.4 Å². The molecule has 0 N–H and O–H groups in total. The molecule has 0 bridgehead atoms. The molecule has 0 amide bonds. The Morgan fingerprint density at radius 2 is 1.57 bits per heavy atom. The van der Waals surface area contributed by atoms with Crippen LogP contribution in [0.3, 0.4) is 0 Å². The fraction of sp³-hybridized carbons (Fsp3) is 0.833. The van der Waals surface area contributed by atoms with Gasteiger partial charge in [0.15, 0.2) is 0 Å². The summed E-state index contributed by atoms with van der Waals surface area (Å²) < 4.78 is 24.8. The first kappa shape index (κ1) is 13.6. The van der Waals surface area contributed by atoms with E-state index in [-0.39, 0.29) is 6.42 Å². The summed E-state index contributed by atoms with van der Waals surface area (Å²) in [5.74, 6) is -2.47.